The lowest BCUT2D eigenvalue weighted by Crippen LogP contribution is -2.43. The quantitative estimate of drug-likeness (QED) is 0.723. The van der Waals surface area contributed by atoms with Crippen LogP contribution in [0.3, 0.4) is 0 Å². The van der Waals surface area contributed by atoms with E-state index in [1.165, 1.54) is 0 Å². The molecule has 3 heteroatoms. The summed E-state index contributed by atoms with van der Waals surface area (Å²) >= 11 is 0. The van der Waals surface area contributed by atoms with E-state index in [0.717, 1.165) is 0 Å². The van der Waals surface area contributed by atoms with Crippen LogP contribution < -0.4 is 0 Å². The van der Waals surface area contributed by atoms with Crippen molar-refractivity contribution in [1.82, 2.24) is 9.78 Å². The van der Waals surface area contributed by atoms with Crippen LogP contribution in [0.5, 0.6) is 0 Å². The Hall–Kier alpha value is -1.12. The maximum Gasteiger partial charge on any atom is 0.165 e. The summed E-state index contributed by atoms with van der Waals surface area (Å²) in [5, 5.41) is 4.12. The van der Waals surface area contributed by atoms with Crippen LogP contribution in [0, 0.1) is 5.41 Å². The Bertz CT molecular complexity index is 318. The van der Waals surface area contributed by atoms with Crippen molar-refractivity contribution in [2.24, 2.45) is 5.41 Å². The first kappa shape index (κ1) is 11.0. The molecule has 0 bridgehead atoms. The Balaban J connectivity index is 3.03. The number of Topliss-reactive ketones (excluding diaryl/α,β-unsaturated/α-hetero) is 1. The van der Waals surface area contributed by atoms with Crippen LogP contribution in [0.25, 0.3) is 0 Å². The second kappa shape index (κ2) is 3.23. The normalized spacial score (nSPS) is 12.9. The molecule has 0 radical (unpaired) electrons. The van der Waals surface area contributed by atoms with Crippen LogP contribution in [0.4, 0.5) is 0 Å². The van der Waals surface area contributed by atoms with E-state index in [1.807, 2.05) is 46.9 Å². The van der Waals surface area contributed by atoms with E-state index in [2.05, 4.69) is 5.10 Å². The molecule has 0 aromatic carbocycles. The molecule has 0 aliphatic rings. The molecule has 0 atom stereocenters. The Morgan fingerprint density at radius 1 is 1.21 bits per heavy atom. The second-order valence-corrected chi connectivity index (χ2v) is 5.09. The topological polar surface area (TPSA) is 34.9 Å². The van der Waals surface area contributed by atoms with Crippen molar-refractivity contribution in [1.29, 1.82) is 0 Å². The zero-order valence-electron chi connectivity index (χ0n) is 9.53. The van der Waals surface area contributed by atoms with Crippen LogP contribution in [0.1, 0.15) is 34.6 Å². The summed E-state index contributed by atoms with van der Waals surface area (Å²) in [6, 6.07) is 1.83. The lowest BCUT2D eigenvalue weighted by molar-refractivity contribution is -0.134. The summed E-state index contributed by atoms with van der Waals surface area (Å²) < 4.78 is 1.71. The predicted molar refractivity (Wildman–Crippen MR) is 56.0 cm³/mol. The van der Waals surface area contributed by atoms with E-state index in [1.54, 1.807) is 10.9 Å². The third-order valence-corrected chi connectivity index (χ3v) is 2.31. The van der Waals surface area contributed by atoms with Crippen LogP contribution >= 0.6 is 0 Å². The highest BCUT2D eigenvalue weighted by Crippen LogP contribution is 2.27. The van der Waals surface area contributed by atoms with Gasteiger partial charge in [0.1, 0.15) is 5.54 Å². The molecule has 1 aromatic rings. The summed E-state index contributed by atoms with van der Waals surface area (Å²) in [5.74, 6) is 0.189. The molecule has 0 saturated heterocycles. The maximum absolute atomic E-state index is 12.1. The SMILES string of the molecule is CC(C)(C)C(=O)C(C)(C)n1cccn1. The van der Waals surface area contributed by atoms with E-state index in [-0.39, 0.29) is 11.2 Å². The Kier molecular flexibility index (Phi) is 2.52. The molecule has 1 rings (SSSR count). The van der Waals surface area contributed by atoms with Crippen molar-refractivity contribution >= 4 is 5.78 Å². The first-order valence-electron chi connectivity index (χ1n) is 4.81. The Morgan fingerprint density at radius 2 is 1.79 bits per heavy atom. The van der Waals surface area contributed by atoms with Gasteiger partial charge in [0.15, 0.2) is 5.78 Å². The largest absolute Gasteiger partial charge is 0.296 e. The van der Waals surface area contributed by atoms with Gasteiger partial charge < -0.3 is 0 Å². The molecule has 0 aliphatic carbocycles. The summed E-state index contributed by atoms with van der Waals surface area (Å²) in [6.07, 6.45) is 3.52. The third-order valence-electron chi connectivity index (χ3n) is 2.31. The highest BCUT2D eigenvalue weighted by molar-refractivity contribution is 5.90. The van der Waals surface area contributed by atoms with E-state index < -0.39 is 5.54 Å². The number of nitrogens with zero attached hydrogens (tertiary/aromatic N) is 2. The fourth-order valence-electron chi connectivity index (χ4n) is 1.62. The van der Waals surface area contributed by atoms with Crippen molar-refractivity contribution < 1.29 is 4.79 Å². The first-order valence-corrected chi connectivity index (χ1v) is 4.81. The van der Waals surface area contributed by atoms with Gasteiger partial charge in [0, 0.05) is 17.8 Å². The summed E-state index contributed by atoms with van der Waals surface area (Å²) in [4.78, 5) is 12.1. The average molecular weight is 194 g/mol. The maximum atomic E-state index is 12.1. The molecular formula is C11H18N2O. The van der Waals surface area contributed by atoms with E-state index in [4.69, 9.17) is 0 Å². The van der Waals surface area contributed by atoms with E-state index in [0.29, 0.717) is 0 Å². The number of carbonyl (C=O) groups excluding carboxylic acids is 1. The molecule has 0 spiro atoms. The summed E-state index contributed by atoms with van der Waals surface area (Å²) in [7, 11) is 0. The van der Waals surface area contributed by atoms with Gasteiger partial charge in [-0.3, -0.25) is 9.48 Å². The van der Waals surface area contributed by atoms with Gasteiger partial charge in [0.2, 0.25) is 0 Å². The molecule has 1 heterocycles. The average Bonchev–Trinajstić information content (AvgIpc) is 2.53. The fourth-order valence-corrected chi connectivity index (χ4v) is 1.62. The standard InChI is InChI=1S/C11H18N2O/c1-10(2,3)9(14)11(4,5)13-8-6-7-12-13/h6-8H,1-5H3. The second-order valence-electron chi connectivity index (χ2n) is 5.09. The van der Waals surface area contributed by atoms with Crippen molar-refractivity contribution in [2.75, 3.05) is 0 Å². The van der Waals surface area contributed by atoms with Crippen molar-refractivity contribution in [3.63, 3.8) is 0 Å². The zero-order valence-corrected chi connectivity index (χ0v) is 9.53. The van der Waals surface area contributed by atoms with Gasteiger partial charge in [-0.1, -0.05) is 20.8 Å². The van der Waals surface area contributed by atoms with Gasteiger partial charge in [-0.25, -0.2) is 0 Å². The Morgan fingerprint density at radius 3 is 2.14 bits per heavy atom. The number of hydrogen-bond donors (Lipinski definition) is 0. The summed E-state index contributed by atoms with van der Waals surface area (Å²) in [5.41, 5.74) is -0.906. The molecule has 0 saturated carbocycles. The smallest absolute Gasteiger partial charge is 0.165 e. The predicted octanol–water partition coefficient (Wildman–Crippen LogP) is 2.23. The lowest BCUT2D eigenvalue weighted by atomic mass is 9.80. The van der Waals surface area contributed by atoms with E-state index >= 15 is 0 Å². The van der Waals surface area contributed by atoms with Gasteiger partial charge in [0.05, 0.1) is 0 Å². The van der Waals surface area contributed by atoms with Crippen molar-refractivity contribution in [2.45, 2.75) is 40.2 Å². The molecule has 0 unspecified atom stereocenters. The first-order chi connectivity index (χ1) is 6.26. The summed E-state index contributed by atoms with van der Waals surface area (Å²) in [6.45, 7) is 9.59. The Labute approximate surface area is 85.1 Å². The number of ketones is 1. The van der Waals surface area contributed by atoms with Crippen molar-refractivity contribution in [3.05, 3.63) is 18.5 Å². The monoisotopic (exact) mass is 194 g/mol. The molecule has 78 valence electrons. The number of carbonyl (C=O) groups is 1. The fraction of sp³-hybridized carbons (Fsp3) is 0.636. The molecule has 1 aromatic heterocycles. The van der Waals surface area contributed by atoms with Crippen molar-refractivity contribution in [3.8, 4) is 0 Å². The van der Waals surface area contributed by atoms with Gasteiger partial charge >= 0.3 is 0 Å². The highest BCUT2D eigenvalue weighted by atomic mass is 16.1. The van der Waals surface area contributed by atoms with Gasteiger partial charge in [0.25, 0.3) is 0 Å². The zero-order chi connectivity index (χ0) is 11.0. The number of hydrogen-bond acceptors (Lipinski definition) is 2. The van der Waals surface area contributed by atoms with Crippen LogP contribution in [0.15, 0.2) is 18.5 Å². The number of rotatable bonds is 2. The van der Waals surface area contributed by atoms with Crippen LogP contribution in [0.2, 0.25) is 0 Å². The lowest BCUT2D eigenvalue weighted by Gasteiger charge is -2.30. The molecule has 0 fully saturated rings. The van der Waals surface area contributed by atoms with E-state index in [9.17, 15) is 4.79 Å². The van der Waals surface area contributed by atoms with Crippen LogP contribution in [-0.4, -0.2) is 15.6 Å². The van der Waals surface area contributed by atoms with Gasteiger partial charge in [-0.15, -0.1) is 0 Å². The molecule has 0 aliphatic heterocycles. The molecular weight excluding hydrogens is 176 g/mol. The number of aromatic nitrogens is 2. The third kappa shape index (κ3) is 1.86. The van der Waals surface area contributed by atoms with Crippen LogP contribution in [-0.2, 0) is 10.3 Å². The minimum Gasteiger partial charge on any atom is -0.296 e. The highest BCUT2D eigenvalue weighted by Gasteiger charge is 2.37. The minimum atomic E-state index is -0.568. The molecule has 3 nitrogen and oxygen atoms in total. The minimum absolute atomic E-state index is 0.189. The molecule has 0 N–H and O–H groups in total. The van der Waals surface area contributed by atoms with Gasteiger partial charge in [-0.05, 0) is 19.9 Å². The molecule has 0 amide bonds. The van der Waals surface area contributed by atoms with Gasteiger partial charge in [-0.2, -0.15) is 5.10 Å². The molecule has 14 heavy (non-hydrogen) atoms.